The van der Waals surface area contributed by atoms with Crippen molar-refractivity contribution in [2.75, 3.05) is 19.1 Å². The standard InChI is InChI=1S/C27H20FNO6/c1-33-17-12-10-16(11-13-17)29-23(18-7-3-4-8-19(18)28)22(25(31)27(29)32)24(30)21-14-15-6-5-9-20(34-2)26(15)35-21/h3-14,23,31H,1-2H3. The predicted molar refractivity (Wildman–Crippen MR) is 126 cm³/mol. The SMILES string of the molecule is COc1ccc(N2C(=O)C(O)=C(C(=O)c3cc4cccc(OC)c4o3)C2c2ccccc2F)cc1. The van der Waals surface area contributed by atoms with Crippen LogP contribution in [0.3, 0.4) is 0 Å². The number of benzene rings is 3. The first-order valence-corrected chi connectivity index (χ1v) is 10.7. The lowest BCUT2D eigenvalue weighted by Gasteiger charge is -2.27. The van der Waals surface area contributed by atoms with Crippen molar-refractivity contribution in [2.24, 2.45) is 0 Å². The van der Waals surface area contributed by atoms with E-state index in [1.807, 2.05) is 0 Å². The first-order valence-electron chi connectivity index (χ1n) is 10.7. The molecule has 8 heteroatoms. The molecule has 35 heavy (non-hydrogen) atoms. The third kappa shape index (κ3) is 3.59. The molecule has 1 aliphatic rings. The van der Waals surface area contributed by atoms with Crippen LogP contribution in [-0.2, 0) is 4.79 Å². The van der Waals surface area contributed by atoms with Gasteiger partial charge in [0.05, 0.1) is 25.8 Å². The maximum atomic E-state index is 15.0. The number of methoxy groups -OCH3 is 2. The molecule has 0 fully saturated rings. The van der Waals surface area contributed by atoms with Crippen LogP contribution in [0.15, 0.2) is 88.5 Å². The minimum absolute atomic E-state index is 0.0535. The Kier molecular flexibility index (Phi) is 5.49. The molecule has 1 aromatic heterocycles. The second-order valence-electron chi connectivity index (χ2n) is 7.88. The average molecular weight is 473 g/mol. The average Bonchev–Trinajstić information content (AvgIpc) is 3.43. The number of ketones is 1. The van der Waals surface area contributed by atoms with E-state index in [9.17, 15) is 19.1 Å². The van der Waals surface area contributed by atoms with Crippen molar-refractivity contribution >= 4 is 28.3 Å². The largest absolute Gasteiger partial charge is 0.503 e. The van der Waals surface area contributed by atoms with E-state index < -0.39 is 29.3 Å². The van der Waals surface area contributed by atoms with Gasteiger partial charge in [-0.05, 0) is 42.5 Å². The molecule has 1 atom stereocenters. The Morgan fingerprint density at radius 2 is 1.74 bits per heavy atom. The third-order valence-electron chi connectivity index (χ3n) is 5.95. The van der Waals surface area contributed by atoms with Crippen LogP contribution >= 0.6 is 0 Å². The lowest BCUT2D eigenvalue weighted by Crippen LogP contribution is -2.31. The van der Waals surface area contributed by atoms with Crippen molar-refractivity contribution in [3.8, 4) is 11.5 Å². The van der Waals surface area contributed by atoms with Crippen LogP contribution < -0.4 is 14.4 Å². The smallest absolute Gasteiger partial charge is 0.294 e. The molecule has 1 unspecified atom stereocenters. The molecular weight excluding hydrogens is 453 g/mol. The number of fused-ring (bicyclic) bond motifs is 1. The van der Waals surface area contributed by atoms with Gasteiger partial charge in [-0.1, -0.05) is 30.3 Å². The van der Waals surface area contributed by atoms with Gasteiger partial charge < -0.3 is 19.0 Å². The number of halogens is 1. The Labute approximate surface area is 199 Å². The summed E-state index contributed by atoms with van der Waals surface area (Å²) < 4.78 is 31.2. The number of furan rings is 1. The number of rotatable bonds is 6. The van der Waals surface area contributed by atoms with Gasteiger partial charge in [0, 0.05) is 16.6 Å². The van der Waals surface area contributed by atoms with Crippen LogP contribution in [0.1, 0.15) is 22.2 Å². The molecule has 176 valence electrons. The molecule has 0 saturated carbocycles. The van der Waals surface area contributed by atoms with E-state index in [4.69, 9.17) is 13.9 Å². The van der Waals surface area contributed by atoms with Crippen molar-refractivity contribution in [2.45, 2.75) is 6.04 Å². The molecule has 0 spiro atoms. The molecule has 7 nitrogen and oxygen atoms in total. The summed E-state index contributed by atoms with van der Waals surface area (Å²) in [5, 5.41) is 11.5. The van der Waals surface area contributed by atoms with Gasteiger partial charge in [0.15, 0.2) is 22.9 Å². The molecule has 1 aliphatic heterocycles. The molecular formula is C27H20FNO6. The number of hydrogen-bond acceptors (Lipinski definition) is 6. The predicted octanol–water partition coefficient (Wildman–Crippen LogP) is 5.37. The second-order valence-corrected chi connectivity index (χ2v) is 7.88. The number of aliphatic hydroxyl groups excluding tert-OH is 1. The Hall–Kier alpha value is -4.59. The van der Waals surface area contributed by atoms with Crippen LogP contribution in [-0.4, -0.2) is 31.0 Å². The highest BCUT2D eigenvalue weighted by Crippen LogP contribution is 2.43. The fourth-order valence-electron chi connectivity index (χ4n) is 4.28. The molecule has 4 aromatic rings. The highest BCUT2D eigenvalue weighted by Gasteiger charge is 2.46. The monoisotopic (exact) mass is 473 g/mol. The topological polar surface area (TPSA) is 89.2 Å². The molecule has 1 amide bonds. The van der Waals surface area contributed by atoms with Gasteiger partial charge in [0.2, 0.25) is 5.78 Å². The second kappa shape index (κ2) is 8.64. The van der Waals surface area contributed by atoms with E-state index in [2.05, 4.69) is 0 Å². The lowest BCUT2D eigenvalue weighted by molar-refractivity contribution is -0.117. The summed E-state index contributed by atoms with van der Waals surface area (Å²) in [6.45, 7) is 0. The molecule has 1 N–H and O–H groups in total. The first-order chi connectivity index (χ1) is 16.9. The number of anilines is 1. The summed E-state index contributed by atoms with van der Waals surface area (Å²) in [6.07, 6.45) is 0. The van der Waals surface area contributed by atoms with Crippen molar-refractivity contribution in [1.29, 1.82) is 0 Å². The number of ether oxygens (including phenoxy) is 2. The maximum absolute atomic E-state index is 15.0. The summed E-state index contributed by atoms with van der Waals surface area (Å²) >= 11 is 0. The number of aliphatic hydroxyl groups is 1. The molecule has 0 aliphatic carbocycles. The molecule has 3 aromatic carbocycles. The van der Waals surface area contributed by atoms with Gasteiger partial charge in [0.1, 0.15) is 11.6 Å². The summed E-state index contributed by atoms with van der Waals surface area (Å²) in [4.78, 5) is 28.1. The van der Waals surface area contributed by atoms with Crippen molar-refractivity contribution in [1.82, 2.24) is 0 Å². The Morgan fingerprint density at radius 3 is 2.43 bits per heavy atom. The number of para-hydroxylation sites is 1. The molecule has 2 heterocycles. The minimum Gasteiger partial charge on any atom is -0.503 e. The van der Waals surface area contributed by atoms with E-state index in [-0.39, 0.29) is 16.9 Å². The van der Waals surface area contributed by atoms with Crippen LogP contribution in [0.2, 0.25) is 0 Å². The van der Waals surface area contributed by atoms with Crippen LogP contribution in [0.4, 0.5) is 10.1 Å². The molecule has 0 radical (unpaired) electrons. The first kappa shape index (κ1) is 22.2. The van der Waals surface area contributed by atoms with Crippen molar-refractivity contribution in [3.63, 3.8) is 0 Å². The quantitative estimate of drug-likeness (QED) is 0.379. The maximum Gasteiger partial charge on any atom is 0.294 e. The Bertz CT molecular complexity index is 1490. The zero-order valence-electron chi connectivity index (χ0n) is 18.8. The third-order valence-corrected chi connectivity index (χ3v) is 5.95. The normalized spacial score (nSPS) is 15.7. The summed E-state index contributed by atoms with van der Waals surface area (Å²) in [6, 6.07) is 17.7. The van der Waals surface area contributed by atoms with Gasteiger partial charge in [0.25, 0.3) is 5.91 Å². The molecule has 0 saturated heterocycles. The number of nitrogens with zero attached hydrogens (tertiary/aromatic N) is 1. The van der Waals surface area contributed by atoms with Crippen LogP contribution in [0.25, 0.3) is 11.0 Å². The van der Waals surface area contributed by atoms with Crippen LogP contribution in [0.5, 0.6) is 11.5 Å². The molecule has 5 rings (SSSR count). The Balaban J connectivity index is 1.66. The number of hydrogen-bond donors (Lipinski definition) is 1. The summed E-state index contributed by atoms with van der Waals surface area (Å²) in [5.41, 5.74) is 0.466. The number of amides is 1. The van der Waals surface area contributed by atoms with Crippen LogP contribution in [0, 0.1) is 5.82 Å². The highest BCUT2D eigenvalue weighted by molar-refractivity contribution is 6.20. The van der Waals surface area contributed by atoms with Gasteiger partial charge in [-0.25, -0.2) is 4.39 Å². The fraction of sp³-hybridized carbons (Fsp3) is 0.111. The van der Waals surface area contributed by atoms with E-state index in [0.717, 1.165) is 0 Å². The van der Waals surface area contributed by atoms with E-state index >= 15 is 0 Å². The van der Waals surface area contributed by atoms with Crippen molar-refractivity contribution in [3.05, 3.63) is 101 Å². The zero-order valence-corrected chi connectivity index (χ0v) is 18.8. The number of carbonyl (C=O) groups excluding carboxylic acids is 2. The lowest BCUT2D eigenvalue weighted by atomic mass is 9.94. The van der Waals surface area contributed by atoms with Crippen molar-refractivity contribution < 1.29 is 33.0 Å². The van der Waals surface area contributed by atoms with Gasteiger partial charge in [-0.3, -0.25) is 14.5 Å². The number of Topliss-reactive ketones (excluding diaryl/α,β-unsaturated/α-hetero) is 1. The Morgan fingerprint density at radius 1 is 1.00 bits per heavy atom. The van der Waals surface area contributed by atoms with E-state index in [1.165, 1.54) is 43.4 Å². The fourth-order valence-corrected chi connectivity index (χ4v) is 4.28. The van der Waals surface area contributed by atoms with Gasteiger partial charge >= 0.3 is 0 Å². The van der Waals surface area contributed by atoms with Gasteiger partial charge in [-0.15, -0.1) is 0 Å². The summed E-state index contributed by atoms with van der Waals surface area (Å²) in [7, 11) is 2.98. The minimum atomic E-state index is -1.22. The van der Waals surface area contributed by atoms with E-state index in [0.29, 0.717) is 28.2 Å². The summed E-state index contributed by atoms with van der Waals surface area (Å²) in [5.74, 6) is -2.11. The highest BCUT2D eigenvalue weighted by atomic mass is 19.1. The number of carbonyl (C=O) groups is 2. The van der Waals surface area contributed by atoms with E-state index in [1.54, 1.807) is 48.5 Å². The zero-order chi connectivity index (χ0) is 24.7. The molecule has 0 bridgehead atoms. The van der Waals surface area contributed by atoms with Gasteiger partial charge in [-0.2, -0.15) is 0 Å².